The molecule has 0 radical (unpaired) electrons. The first-order valence-corrected chi connectivity index (χ1v) is 3.81. The molecule has 11 heavy (non-hydrogen) atoms. The number of morpholine rings is 1. The van der Waals surface area contributed by atoms with Crippen molar-refractivity contribution in [2.75, 3.05) is 39.5 Å². The lowest BCUT2D eigenvalue weighted by Crippen LogP contribution is -2.38. The second kappa shape index (κ2) is 5.09. The topological polar surface area (TPSA) is 34.1 Å². The molecule has 0 spiro atoms. The highest BCUT2D eigenvalue weighted by Crippen LogP contribution is 1.95. The van der Waals surface area contributed by atoms with Gasteiger partial charge in [-0.2, -0.15) is 0 Å². The summed E-state index contributed by atoms with van der Waals surface area (Å²) >= 11 is 0. The van der Waals surface area contributed by atoms with E-state index >= 15 is 0 Å². The summed E-state index contributed by atoms with van der Waals surface area (Å²) in [5.41, 5.74) is 0. The number of hydrogen-bond donors (Lipinski definition) is 0. The maximum atomic E-state index is 5.19. The zero-order valence-corrected chi connectivity index (χ0v) is 6.66. The van der Waals surface area contributed by atoms with E-state index in [0.717, 1.165) is 32.8 Å². The van der Waals surface area contributed by atoms with Crippen LogP contribution in [0.25, 0.3) is 0 Å². The minimum Gasteiger partial charge on any atom is -0.395 e. The Hall–Kier alpha value is -0.610. The number of hydrogen-bond acceptors (Lipinski definition) is 4. The number of nitrogens with zero attached hydrogens (tertiary/aromatic N) is 2. The molecule has 1 rings (SSSR count). The molecule has 0 amide bonds. The lowest BCUT2D eigenvalue weighted by Gasteiger charge is -2.25. The van der Waals surface area contributed by atoms with Crippen molar-refractivity contribution < 1.29 is 9.57 Å². The van der Waals surface area contributed by atoms with Crippen LogP contribution in [0, 0.1) is 0 Å². The minimum absolute atomic E-state index is 0.628. The largest absolute Gasteiger partial charge is 0.395 e. The van der Waals surface area contributed by atoms with Crippen LogP contribution in [0.3, 0.4) is 0 Å². The normalized spacial score (nSPS) is 19.6. The van der Waals surface area contributed by atoms with E-state index in [1.165, 1.54) is 0 Å². The lowest BCUT2D eigenvalue weighted by molar-refractivity contribution is 0.0215. The molecule has 0 N–H and O–H groups in total. The molecule has 0 aliphatic carbocycles. The highest BCUT2D eigenvalue weighted by molar-refractivity contribution is 5.21. The van der Waals surface area contributed by atoms with Crippen LogP contribution in [0.5, 0.6) is 0 Å². The van der Waals surface area contributed by atoms with Gasteiger partial charge in [0.25, 0.3) is 0 Å². The fourth-order valence-electron chi connectivity index (χ4n) is 1.06. The van der Waals surface area contributed by atoms with E-state index in [1.807, 2.05) is 0 Å². The molecule has 0 bridgehead atoms. The van der Waals surface area contributed by atoms with Gasteiger partial charge < -0.3 is 9.57 Å². The van der Waals surface area contributed by atoms with Gasteiger partial charge in [-0.3, -0.25) is 4.90 Å². The Morgan fingerprint density at radius 2 is 2.18 bits per heavy atom. The predicted molar refractivity (Wildman–Crippen MR) is 42.8 cm³/mol. The van der Waals surface area contributed by atoms with E-state index in [4.69, 9.17) is 9.57 Å². The average molecular weight is 158 g/mol. The van der Waals surface area contributed by atoms with Gasteiger partial charge in [0, 0.05) is 26.4 Å². The molecule has 1 fully saturated rings. The molecule has 0 aromatic rings. The Morgan fingerprint density at radius 3 is 2.82 bits per heavy atom. The van der Waals surface area contributed by atoms with Crippen molar-refractivity contribution in [3.63, 3.8) is 0 Å². The number of oxime groups is 1. The third kappa shape index (κ3) is 3.34. The highest BCUT2D eigenvalue weighted by Gasteiger charge is 2.08. The second-order valence-electron chi connectivity index (χ2n) is 2.42. The summed E-state index contributed by atoms with van der Waals surface area (Å²) in [6.45, 7) is 8.45. The Bertz CT molecular complexity index is 113. The van der Waals surface area contributed by atoms with Crippen molar-refractivity contribution >= 4 is 6.72 Å². The summed E-state index contributed by atoms with van der Waals surface area (Å²) < 4.78 is 5.19. The van der Waals surface area contributed by atoms with Crippen molar-refractivity contribution in [3.05, 3.63) is 0 Å². The van der Waals surface area contributed by atoms with E-state index in [0.29, 0.717) is 6.61 Å². The second-order valence-corrected chi connectivity index (χ2v) is 2.42. The average Bonchev–Trinajstić information content (AvgIpc) is 2.07. The molecule has 0 aromatic carbocycles. The van der Waals surface area contributed by atoms with Crippen LogP contribution in [-0.2, 0) is 9.57 Å². The van der Waals surface area contributed by atoms with Gasteiger partial charge in [0.15, 0.2) is 0 Å². The van der Waals surface area contributed by atoms with E-state index < -0.39 is 0 Å². The van der Waals surface area contributed by atoms with Gasteiger partial charge in [0.05, 0.1) is 13.2 Å². The summed E-state index contributed by atoms with van der Waals surface area (Å²) in [4.78, 5) is 7.05. The van der Waals surface area contributed by atoms with Gasteiger partial charge in [-0.1, -0.05) is 0 Å². The first-order valence-electron chi connectivity index (χ1n) is 3.81. The van der Waals surface area contributed by atoms with Crippen LogP contribution in [-0.4, -0.2) is 51.1 Å². The molecule has 0 atom stereocenters. The lowest BCUT2D eigenvalue weighted by atomic mass is 10.4. The fraction of sp³-hybridized carbons (Fsp3) is 0.857. The Balaban J connectivity index is 2.00. The van der Waals surface area contributed by atoms with Crippen molar-refractivity contribution in [1.29, 1.82) is 0 Å². The maximum absolute atomic E-state index is 5.19. The van der Waals surface area contributed by atoms with Gasteiger partial charge in [-0.15, -0.1) is 5.16 Å². The molecule has 64 valence electrons. The standard InChI is InChI=1S/C7H14N2O2/c1-8-11-7-4-9-2-5-10-6-3-9/h1-7H2. The summed E-state index contributed by atoms with van der Waals surface area (Å²) in [6, 6.07) is 0. The zero-order valence-electron chi connectivity index (χ0n) is 6.66. The molecule has 0 saturated carbocycles. The number of ether oxygens (including phenoxy) is 1. The number of rotatable bonds is 4. The Kier molecular flexibility index (Phi) is 3.93. The third-order valence-electron chi connectivity index (χ3n) is 1.69. The molecule has 1 aliphatic heterocycles. The van der Waals surface area contributed by atoms with Gasteiger partial charge in [-0.25, -0.2) is 0 Å². The summed E-state index contributed by atoms with van der Waals surface area (Å²) in [5.74, 6) is 0. The quantitative estimate of drug-likeness (QED) is 0.327. The fourth-order valence-corrected chi connectivity index (χ4v) is 1.06. The van der Waals surface area contributed by atoms with E-state index in [2.05, 4.69) is 16.8 Å². The highest BCUT2D eigenvalue weighted by atomic mass is 16.6. The SMILES string of the molecule is C=NOCCN1CCOCC1. The van der Waals surface area contributed by atoms with Crippen molar-refractivity contribution in [2.24, 2.45) is 5.16 Å². The zero-order chi connectivity index (χ0) is 7.94. The van der Waals surface area contributed by atoms with Crippen LogP contribution in [0.1, 0.15) is 0 Å². The monoisotopic (exact) mass is 158 g/mol. The Labute approximate surface area is 66.8 Å². The Morgan fingerprint density at radius 1 is 1.45 bits per heavy atom. The predicted octanol–water partition coefficient (Wildman–Crippen LogP) is -0.0492. The molecule has 4 nitrogen and oxygen atoms in total. The first kappa shape index (κ1) is 8.49. The maximum Gasteiger partial charge on any atom is 0.129 e. The molecule has 1 saturated heterocycles. The summed E-state index contributed by atoms with van der Waals surface area (Å²) in [6.07, 6.45) is 0. The van der Waals surface area contributed by atoms with Crippen LogP contribution in [0.2, 0.25) is 0 Å². The van der Waals surface area contributed by atoms with Crippen molar-refractivity contribution in [3.8, 4) is 0 Å². The van der Waals surface area contributed by atoms with E-state index in [9.17, 15) is 0 Å². The molecule has 0 unspecified atom stereocenters. The van der Waals surface area contributed by atoms with Crippen molar-refractivity contribution in [1.82, 2.24) is 4.90 Å². The van der Waals surface area contributed by atoms with Crippen LogP contribution in [0.4, 0.5) is 0 Å². The smallest absolute Gasteiger partial charge is 0.129 e. The molecule has 1 heterocycles. The third-order valence-corrected chi connectivity index (χ3v) is 1.69. The van der Waals surface area contributed by atoms with Crippen molar-refractivity contribution in [2.45, 2.75) is 0 Å². The molecular weight excluding hydrogens is 144 g/mol. The van der Waals surface area contributed by atoms with Gasteiger partial charge in [-0.05, 0) is 0 Å². The van der Waals surface area contributed by atoms with Gasteiger partial charge in [0.1, 0.15) is 6.61 Å². The molecule has 0 aromatic heterocycles. The van der Waals surface area contributed by atoms with Crippen LogP contribution in [0.15, 0.2) is 5.16 Å². The summed E-state index contributed by atoms with van der Waals surface area (Å²) in [5, 5.41) is 3.31. The molecule has 4 heteroatoms. The van der Waals surface area contributed by atoms with Gasteiger partial charge >= 0.3 is 0 Å². The van der Waals surface area contributed by atoms with E-state index in [-0.39, 0.29) is 0 Å². The van der Waals surface area contributed by atoms with Gasteiger partial charge in [0.2, 0.25) is 0 Å². The van der Waals surface area contributed by atoms with Crippen LogP contribution < -0.4 is 0 Å². The molecule has 1 aliphatic rings. The van der Waals surface area contributed by atoms with Crippen LogP contribution >= 0.6 is 0 Å². The molecular formula is C7H14N2O2. The van der Waals surface area contributed by atoms with E-state index in [1.54, 1.807) is 0 Å². The minimum atomic E-state index is 0.628. The summed E-state index contributed by atoms with van der Waals surface area (Å²) in [7, 11) is 0. The first-order chi connectivity index (χ1) is 5.43.